The number of ether oxygens (including phenoxy) is 1. The molecule has 0 spiro atoms. The second-order valence-electron chi connectivity index (χ2n) is 5.22. The van der Waals surface area contributed by atoms with E-state index in [1.54, 1.807) is 7.11 Å². The Morgan fingerprint density at radius 1 is 1.50 bits per heavy atom. The van der Waals surface area contributed by atoms with Crippen molar-refractivity contribution in [3.63, 3.8) is 0 Å². The summed E-state index contributed by atoms with van der Waals surface area (Å²) >= 11 is 0. The Bertz CT molecular complexity index is 206. The summed E-state index contributed by atoms with van der Waals surface area (Å²) in [7, 11) is 1.78. The molecule has 3 nitrogen and oxygen atoms in total. The van der Waals surface area contributed by atoms with Gasteiger partial charge in [-0.25, -0.2) is 0 Å². The number of hydrogen-bond donors (Lipinski definition) is 1. The molecule has 1 fully saturated rings. The standard InChI is InChI=1S/C13H28N2O/c1-5-6-9-15(12-7-8-12)13(3,10-14)11(2)16-4/h11-12H,5-10,14H2,1-4H3. The van der Waals surface area contributed by atoms with Crippen molar-refractivity contribution in [1.82, 2.24) is 4.90 Å². The molecule has 1 aliphatic rings. The van der Waals surface area contributed by atoms with Gasteiger partial charge in [-0.2, -0.15) is 0 Å². The van der Waals surface area contributed by atoms with Crippen molar-refractivity contribution in [3.05, 3.63) is 0 Å². The molecule has 2 N–H and O–H groups in total. The minimum absolute atomic E-state index is 0.00884. The molecule has 16 heavy (non-hydrogen) atoms. The highest BCUT2D eigenvalue weighted by atomic mass is 16.5. The van der Waals surface area contributed by atoms with E-state index in [2.05, 4.69) is 25.7 Å². The Hall–Kier alpha value is -0.120. The average Bonchev–Trinajstić information content (AvgIpc) is 3.12. The zero-order valence-corrected chi connectivity index (χ0v) is 11.3. The van der Waals surface area contributed by atoms with Crippen LogP contribution in [0.15, 0.2) is 0 Å². The smallest absolute Gasteiger partial charge is 0.0736 e. The van der Waals surface area contributed by atoms with Gasteiger partial charge < -0.3 is 10.5 Å². The van der Waals surface area contributed by atoms with Gasteiger partial charge in [-0.15, -0.1) is 0 Å². The number of nitrogens with zero attached hydrogens (tertiary/aromatic N) is 1. The van der Waals surface area contributed by atoms with E-state index in [0.29, 0.717) is 6.54 Å². The summed E-state index contributed by atoms with van der Waals surface area (Å²) in [5.74, 6) is 0. The fourth-order valence-corrected chi connectivity index (χ4v) is 2.34. The van der Waals surface area contributed by atoms with Gasteiger partial charge >= 0.3 is 0 Å². The molecule has 0 radical (unpaired) electrons. The van der Waals surface area contributed by atoms with Crippen LogP contribution in [0.25, 0.3) is 0 Å². The van der Waals surface area contributed by atoms with Crippen molar-refractivity contribution in [1.29, 1.82) is 0 Å². The lowest BCUT2D eigenvalue weighted by Crippen LogP contribution is -2.59. The van der Waals surface area contributed by atoms with Crippen molar-refractivity contribution in [2.45, 2.75) is 64.1 Å². The third-order valence-electron chi connectivity index (χ3n) is 4.04. The number of nitrogens with two attached hydrogens (primary N) is 1. The van der Waals surface area contributed by atoms with Crippen molar-refractivity contribution in [3.8, 4) is 0 Å². The molecule has 3 heteroatoms. The summed E-state index contributed by atoms with van der Waals surface area (Å²) < 4.78 is 5.52. The van der Waals surface area contributed by atoms with Crippen LogP contribution in [0.4, 0.5) is 0 Å². The lowest BCUT2D eigenvalue weighted by atomic mass is 9.92. The largest absolute Gasteiger partial charge is 0.380 e. The summed E-state index contributed by atoms with van der Waals surface area (Å²) in [4.78, 5) is 2.59. The lowest BCUT2D eigenvalue weighted by Gasteiger charge is -2.44. The van der Waals surface area contributed by atoms with Crippen LogP contribution in [0, 0.1) is 0 Å². The van der Waals surface area contributed by atoms with Gasteiger partial charge in [0.15, 0.2) is 0 Å². The minimum Gasteiger partial charge on any atom is -0.380 e. The number of unbranched alkanes of at least 4 members (excludes halogenated alkanes) is 1. The second kappa shape index (κ2) is 5.99. The maximum Gasteiger partial charge on any atom is 0.0736 e. The summed E-state index contributed by atoms with van der Waals surface area (Å²) in [6.07, 6.45) is 5.34. The molecular weight excluding hydrogens is 200 g/mol. The third kappa shape index (κ3) is 2.96. The first-order valence-corrected chi connectivity index (χ1v) is 6.59. The van der Waals surface area contributed by atoms with Crippen molar-refractivity contribution < 1.29 is 4.74 Å². The van der Waals surface area contributed by atoms with E-state index in [0.717, 1.165) is 12.6 Å². The Morgan fingerprint density at radius 2 is 2.12 bits per heavy atom. The Morgan fingerprint density at radius 3 is 2.50 bits per heavy atom. The molecule has 0 aromatic heterocycles. The van der Waals surface area contributed by atoms with E-state index in [-0.39, 0.29) is 11.6 Å². The van der Waals surface area contributed by atoms with Gasteiger partial charge in [0, 0.05) is 19.7 Å². The van der Waals surface area contributed by atoms with Gasteiger partial charge in [-0.1, -0.05) is 13.3 Å². The van der Waals surface area contributed by atoms with Crippen LogP contribution in [0.1, 0.15) is 46.5 Å². The van der Waals surface area contributed by atoms with Crippen molar-refractivity contribution >= 4 is 0 Å². The van der Waals surface area contributed by atoms with Gasteiger partial charge in [0.05, 0.1) is 11.6 Å². The Labute approximate surface area is 100 Å². The average molecular weight is 228 g/mol. The molecule has 2 unspecified atom stereocenters. The molecule has 0 aliphatic heterocycles. The molecule has 0 bridgehead atoms. The van der Waals surface area contributed by atoms with Gasteiger partial charge in [-0.05, 0) is 39.7 Å². The summed E-state index contributed by atoms with van der Waals surface area (Å²) in [6, 6.07) is 0.748. The highest BCUT2D eigenvalue weighted by Crippen LogP contribution is 2.35. The van der Waals surface area contributed by atoms with Gasteiger partial charge in [-0.3, -0.25) is 4.90 Å². The van der Waals surface area contributed by atoms with E-state index >= 15 is 0 Å². The molecule has 1 aliphatic carbocycles. The quantitative estimate of drug-likeness (QED) is 0.690. The lowest BCUT2D eigenvalue weighted by molar-refractivity contribution is -0.0360. The Kier molecular flexibility index (Phi) is 5.22. The highest BCUT2D eigenvalue weighted by Gasteiger charge is 2.43. The van der Waals surface area contributed by atoms with Crippen LogP contribution < -0.4 is 5.73 Å². The first-order valence-electron chi connectivity index (χ1n) is 6.59. The van der Waals surface area contributed by atoms with Crippen LogP contribution in [0.2, 0.25) is 0 Å². The fourth-order valence-electron chi connectivity index (χ4n) is 2.34. The maximum absolute atomic E-state index is 6.00. The molecule has 1 rings (SSSR count). The third-order valence-corrected chi connectivity index (χ3v) is 4.04. The van der Waals surface area contributed by atoms with Crippen LogP contribution in [0.3, 0.4) is 0 Å². The van der Waals surface area contributed by atoms with E-state index < -0.39 is 0 Å². The Balaban J connectivity index is 2.71. The predicted octanol–water partition coefficient (Wildman–Crippen LogP) is 2.00. The maximum atomic E-state index is 6.00. The molecule has 0 heterocycles. The molecule has 1 saturated carbocycles. The monoisotopic (exact) mass is 228 g/mol. The first-order chi connectivity index (χ1) is 7.60. The highest BCUT2D eigenvalue weighted by molar-refractivity contribution is 5.00. The normalized spacial score (nSPS) is 22.1. The van der Waals surface area contributed by atoms with E-state index in [9.17, 15) is 0 Å². The van der Waals surface area contributed by atoms with E-state index in [1.807, 2.05) is 0 Å². The minimum atomic E-state index is -0.00884. The van der Waals surface area contributed by atoms with E-state index in [1.165, 1.54) is 25.7 Å². The molecule has 0 aromatic rings. The SMILES string of the molecule is CCCCN(C1CC1)C(C)(CN)C(C)OC. The van der Waals surface area contributed by atoms with Gasteiger partial charge in [0.1, 0.15) is 0 Å². The van der Waals surface area contributed by atoms with Crippen LogP contribution >= 0.6 is 0 Å². The first kappa shape index (κ1) is 13.9. The topological polar surface area (TPSA) is 38.5 Å². The zero-order valence-electron chi connectivity index (χ0n) is 11.3. The zero-order chi connectivity index (χ0) is 12.2. The molecular formula is C13H28N2O. The van der Waals surface area contributed by atoms with Crippen molar-refractivity contribution in [2.75, 3.05) is 20.2 Å². The number of rotatable bonds is 8. The number of methoxy groups -OCH3 is 1. The van der Waals surface area contributed by atoms with Gasteiger partial charge in [0.2, 0.25) is 0 Å². The molecule has 0 amide bonds. The second-order valence-corrected chi connectivity index (χ2v) is 5.22. The van der Waals surface area contributed by atoms with Crippen LogP contribution in [-0.2, 0) is 4.74 Å². The van der Waals surface area contributed by atoms with E-state index in [4.69, 9.17) is 10.5 Å². The number of hydrogen-bond acceptors (Lipinski definition) is 3. The van der Waals surface area contributed by atoms with Gasteiger partial charge in [0.25, 0.3) is 0 Å². The van der Waals surface area contributed by atoms with Crippen LogP contribution in [0.5, 0.6) is 0 Å². The molecule has 96 valence electrons. The summed E-state index contributed by atoms with van der Waals surface area (Å²) in [5.41, 5.74) is 5.99. The molecule has 2 atom stereocenters. The predicted molar refractivity (Wildman–Crippen MR) is 68.6 cm³/mol. The van der Waals surface area contributed by atoms with Crippen LogP contribution in [-0.4, -0.2) is 42.8 Å². The molecule has 0 aromatic carbocycles. The molecule has 0 saturated heterocycles. The fraction of sp³-hybridized carbons (Fsp3) is 1.00. The summed E-state index contributed by atoms with van der Waals surface area (Å²) in [5, 5.41) is 0. The summed E-state index contributed by atoms with van der Waals surface area (Å²) in [6.45, 7) is 8.44. The van der Waals surface area contributed by atoms with Crippen molar-refractivity contribution in [2.24, 2.45) is 5.73 Å².